The minimum absolute atomic E-state index is 0.0417. The molecule has 3 aromatic rings. The van der Waals surface area contributed by atoms with Gasteiger partial charge in [-0.1, -0.05) is 41.6 Å². The molecule has 0 aliphatic heterocycles. The Bertz CT molecular complexity index is 773. The number of rotatable bonds is 7. The average molecular weight is 322 g/mol. The van der Waals surface area contributed by atoms with Crippen molar-refractivity contribution in [1.82, 2.24) is 20.3 Å². The second kappa shape index (κ2) is 7.92. The summed E-state index contributed by atoms with van der Waals surface area (Å²) in [6.07, 6.45) is 3.68. The van der Waals surface area contributed by atoms with E-state index in [9.17, 15) is 4.79 Å². The van der Waals surface area contributed by atoms with E-state index in [0.717, 1.165) is 17.1 Å². The van der Waals surface area contributed by atoms with Gasteiger partial charge >= 0.3 is 0 Å². The van der Waals surface area contributed by atoms with E-state index in [1.54, 1.807) is 17.1 Å². The molecule has 1 aromatic heterocycles. The lowest BCUT2D eigenvalue weighted by Crippen LogP contribution is -2.24. The molecular formula is C18H18N4O2. The zero-order valence-electron chi connectivity index (χ0n) is 13.1. The predicted molar refractivity (Wildman–Crippen MR) is 89.4 cm³/mol. The molecule has 0 spiro atoms. The molecular weight excluding hydrogens is 304 g/mol. The molecule has 0 aliphatic carbocycles. The van der Waals surface area contributed by atoms with Crippen molar-refractivity contribution < 1.29 is 9.53 Å². The molecule has 2 aromatic carbocycles. The fourth-order valence-corrected chi connectivity index (χ4v) is 2.22. The van der Waals surface area contributed by atoms with E-state index >= 15 is 0 Å². The van der Waals surface area contributed by atoms with E-state index in [-0.39, 0.29) is 5.91 Å². The summed E-state index contributed by atoms with van der Waals surface area (Å²) in [7, 11) is 0. The van der Waals surface area contributed by atoms with Crippen LogP contribution in [0, 0.1) is 0 Å². The van der Waals surface area contributed by atoms with E-state index in [1.165, 1.54) is 0 Å². The van der Waals surface area contributed by atoms with Gasteiger partial charge in [0.25, 0.3) is 0 Å². The number of carbonyl (C=O) groups excluding carboxylic acids is 1. The summed E-state index contributed by atoms with van der Waals surface area (Å²) in [6.45, 7) is 0.924. The van der Waals surface area contributed by atoms with Crippen molar-refractivity contribution in [3.8, 4) is 11.5 Å². The highest BCUT2D eigenvalue weighted by atomic mass is 16.5. The van der Waals surface area contributed by atoms with E-state index in [1.807, 2.05) is 54.6 Å². The highest BCUT2D eigenvalue weighted by Gasteiger charge is 2.07. The maximum Gasteiger partial charge on any atom is 0.222 e. The Labute approximate surface area is 140 Å². The number of nitrogens with zero attached hydrogens (tertiary/aromatic N) is 3. The minimum atomic E-state index is -0.0417. The number of hydrogen-bond donors (Lipinski definition) is 1. The summed E-state index contributed by atoms with van der Waals surface area (Å²) in [6, 6.07) is 17.2. The van der Waals surface area contributed by atoms with E-state index in [0.29, 0.717) is 19.5 Å². The summed E-state index contributed by atoms with van der Waals surface area (Å²) < 4.78 is 7.52. The molecule has 6 heteroatoms. The van der Waals surface area contributed by atoms with Gasteiger partial charge in [0.15, 0.2) is 0 Å². The van der Waals surface area contributed by atoms with Crippen molar-refractivity contribution in [2.24, 2.45) is 0 Å². The second-order valence-electron chi connectivity index (χ2n) is 5.22. The van der Waals surface area contributed by atoms with Crippen LogP contribution in [0.4, 0.5) is 0 Å². The van der Waals surface area contributed by atoms with Crippen LogP contribution in [0.2, 0.25) is 0 Å². The molecule has 6 nitrogen and oxygen atoms in total. The van der Waals surface area contributed by atoms with Crippen molar-refractivity contribution in [2.75, 3.05) is 0 Å². The monoisotopic (exact) mass is 322 g/mol. The number of ether oxygens (including phenoxy) is 1. The van der Waals surface area contributed by atoms with E-state index in [4.69, 9.17) is 4.74 Å². The summed E-state index contributed by atoms with van der Waals surface area (Å²) >= 11 is 0. The summed E-state index contributed by atoms with van der Waals surface area (Å²) in [5.41, 5.74) is 0.926. The molecule has 1 amide bonds. The standard InChI is InChI=1S/C18H18N4O2/c23-18(10-12-22-13-11-20-21-22)19-14-15-6-4-5-9-17(15)24-16-7-2-1-3-8-16/h1-9,11,13H,10,12,14H2,(H,19,23). The quantitative estimate of drug-likeness (QED) is 0.726. The van der Waals surface area contributed by atoms with Crippen LogP contribution >= 0.6 is 0 Å². The molecule has 122 valence electrons. The smallest absolute Gasteiger partial charge is 0.222 e. The number of carbonyl (C=O) groups is 1. The molecule has 0 fully saturated rings. The Hall–Kier alpha value is -3.15. The Morgan fingerprint density at radius 1 is 1.08 bits per heavy atom. The van der Waals surface area contributed by atoms with Gasteiger partial charge in [-0.25, -0.2) is 0 Å². The van der Waals surface area contributed by atoms with Gasteiger partial charge in [0, 0.05) is 24.7 Å². The first-order valence-electron chi connectivity index (χ1n) is 7.73. The number of aromatic nitrogens is 3. The molecule has 0 atom stereocenters. The molecule has 0 unspecified atom stereocenters. The summed E-state index contributed by atoms with van der Waals surface area (Å²) in [4.78, 5) is 12.0. The number of para-hydroxylation sites is 2. The number of aryl methyl sites for hydroxylation is 1. The van der Waals surface area contributed by atoms with Gasteiger partial charge in [0.2, 0.25) is 5.91 Å². The highest BCUT2D eigenvalue weighted by molar-refractivity contribution is 5.75. The lowest BCUT2D eigenvalue weighted by atomic mass is 10.2. The van der Waals surface area contributed by atoms with Crippen molar-refractivity contribution in [1.29, 1.82) is 0 Å². The largest absolute Gasteiger partial charge is 0.457 e. The molecule has 3 rings (SSSR count). The van der Waals surface area contributed by atoms with Crippen molar-refractivity contribution >= 4 is 5.91 Å². The van der Waals surface area contributed by atoms with Gasteiger partial charge in [0.1, 0.15) is 11.5 Å². The number of hydrogen-bond acceptors (Lipinski definition) is 4. The van der Waals surface area contributed by atoms with Gasteiger partial charge in [-0.3, -0.25) is 9.48 Å². The average Bonchev–Trinajstić information content (AvgIpc) is 3.14. The molecule has 1 heterocycles. The minimum Gasteiger partial charge on any atom is -0.457 e. The maximum absolute atomic E-state index is 12.0. The van der Waals surface area contributed by atoms with Crippen LogP contribution in [0.25, 0.3) is 0 Å². The molecule has 24 heavy (non-hydrogen) atoms. The lowest BCUT2D eigenvalue weighted by molar-refractivity contribution is -0.121. The van der Waals surface area contributed by atoms with Crippen molar-refractivity contribution in [3.63, 3.8) is 0 Å². The van der Waals surface area contributed by atoms with Crippen molar-refractivity contribution in [2.45, 2.75) is 19.5 Å². The van der Waals surface area contributed by atoms with Crippen LogP contribution in [0.15, 0.2) is 67.0 Å². The first-order chi connectivity index (χ1) is 11.8. The van der Waals surface area contributed by atoms with Crippen LogP contribution in [0.1, 0.15) is 12.0 Å². The van der Waals surface area contributed by atoms with Gasteiger partial charge in [0.05, 0.1) is 12.7 Å². The topological polar surface area (TPSA) is 69.0 Å². The Balaban J connectivity index is 1.56. The van der Waals surface area contributed by atoms with Crippen LogP contribution in [-0.2, 0) is 17.9 Å². The maximum atomic E-state index is 12.0. The molecule has 0 saturated carbocycles. The van der Waals surface area contributed by atoms with Crippen LogP contribution in [0.3, 0.4) is 0 Å². The van der Waals surface area contributed by atoms with Gasteiger partial charge in [-0.05, 0) is 18.2 Å². The number of amides is 1. The van der Waals surface area contributed by atoms with E-state index < -0.39 is 0 Å². The Morgan fingerprint density at radius 2 is 1.88 bits per heavy atom. The SMILES string of the molecule is O=C(CCn1ccnn1)NCc1ccccc1Oc1ccccc1. The Morgan fingerprint density at radius 3 is 2.67 bits per heavy atom. The normalized spacial score (nSPS) is 10.3. The molecule has 1 N–H and O–H groups in total. The zero-order chi connectivity index (χ0) is 16.6. The third kappa shape index (κ3) is 4.42. The van der Waals surface area contributed by atoms with Gasteiger partial charge in [-0.2, -0.15) is 0 Å². The molecule has 0 saturated heterocycles. The molecule has 0 radical (unpaired) electrons. The fourth-order valence-electron chi connectivity index (χ4n) is 2.22. The predicted octanol–water partition coefficient (Wildman–Crippen LogP) is 2.78. The van der Waals surface area contributed by atoms with Gasteiger partial charge in [-0.15, -0.1) is 5.10 Å². The fraction of sp³-hybridized carbons (Fsp3) is 0.167. The van der Waals surface area contributed by atoms with Gasteiger partial charge < -0.3 is 10.1 Å². The van der Waals surface area contributed by atoms with Crippen LogP contribution in [-0.4, -0.2) is 20.9 Å². The van der Waals surface area contributed by atoms with Crippen molar-refractivity contribution in [3.05, 3.63) is 72.6 Å². The highest BCUT2D eigenvalue weighted by Crippen LogP contribution is 2.24. The zero-order valence-corrected chi connectivity index (χ0v) is 13.1. The summed E-state index contributed by atoms with van der Waals surface area (Å²) in [5.74, 6) is 1.46. The number of benzene rings is 2. The third-order valence-corrected chi connectivity index (χ3v) is 3.46. The van der Waals surface area contributed by atoms with E-state index in [2.05, 4.69) is 15.6 Å². The first kappa shape index (κ1) is 15.7. The van der Waals surface area contributed by atoms with Crippen LogP contribution in [0.5, 0.6) is 11.5 Å². The third-order valence-electron chi connectivity index (χ3n) is 3.46. The molecule has 0 bridgehead atoms. The summed E-state index contributed by atoms with van der Waals surface area (Å²) in [5, 5.41) is 10.5. The van der Waals surface area contributed by atoms with Crippen LogP contribution < -0.4 is 10.1 Å². The Kier molecular flexibility index (Phi) is 5.19. The molecule has 0 aliphatic rings. The lowest BCUT2D eigenvalue weighted by Gasteiger charge is -2.12. The first-order valence-corrected chi connectivity index (χ1v) is 7.73. The second-order valence-corrected chi connectivity index (χ2v) is 5.22. The number of nitrogens with one attached hydrogen (secondary N) is 1.